The number of amides is 1. The zero-order valence-electron chi connectivity index (χ0n) is 13.6. The Kier molecular flexibility index (Phi) is 3.53. The highest BCUT2D eigenvalue weighted by atomic mass is 32.2. The van der Waals surface area contributed by atoms with Crippen LogP contribution in [0.1, 0.15) is 10.5 Å². The van der Waals surface area contributed by atoms with E-state index in [1.54, 1.807) is 35.1 Å². The number of H-pyrrole nitrogens is 1. The van der Waals surface area contributed by atoms with Gasteiger partial charge in [-0.1, -0.05) is 0 Å². The van der Waals surface area contributed by atoms with Crippen molar-refractivity contribution in [3.8, 4) is 5.69 Å². The molecule has 1 amide bonds. The van der Waals surface area contributed by atoms with Crippen LogP contribution in [0.25, 0.3) is 27.5 Å². The Labute approximate surface area is 147 Å². The normalized spacial score (nSPS) is 12.0. The molecule has 2 heterocycles. The summed E-state index contributed by atoms with van der Waals surface area (Å²) in [7, 11) is -2.19. The molecule has 2 aromatic heterocycles. The van der Waals surface area contributed by atoms with E-state index in [0.717, 1.165) is 5.39 Å². The molecule has 4 aromatic rings. The Morgan fingerprint density at radius 3 is 2.54 bits per heavy atom. The van der Waals surface area contributed by atoms with Crippen molar-refractivity contribution < 1.29 is 13.2 Å². The first-order chi connectivity index (χ1) is 12.4. The average Bonchev–Trinajstić information content (AvgIpc) is 3.25. The van der Waals surface area contributed by atoms with Crippen LogP contribution >= 0.6 is 0 Å². The molecule has 0 saturated heterocycles. The van der Waals surface area contributed by atoms with Gasteiger partial charge in [-0.25, -0.2) is 13.1 Å². The van der Waals surface area contributed by atoms with Gasteiger partial charge in [0.2, 0.25) is 10.0 Å². The van der Waals surface area contributed by atoms with Crippen molar-refractivity contribution in [3.63, 3.8) is 0 Å². The minimum Gasteiger partial charge on any atom is -0.364 e. The van der Waals surface area contributed by atoms with Crippen LogP contribution in [0.15, 0.2) is 47.5 Å². The zero-order chi connectivity index (χ0) is 18.5. The maximum Gasteiger partial charge on any atom is 0.267 e. The fourth-order valence-corrected chi connectivity index (χ4v) is 3.64. The van der Waals surface area contributed by atoms with Crippen LogP contribution in [0.2, 0.25) is 0 Å². The largest absolute Gasteiger partial charge is 0.364 e. The topological polar surface area (TPSA) is 136 Å². The van der Waals surface area contributed by atoms with E-state index in [2.05, 4.69) is 20.0 Å². The van der Waals surface area contributed by atoms with Gasteiger partial charge in [0.1, 0.15) is 5.69 Å². The summed E-state index contributed by atoms with van der Waals surface area (Å²) in [5.74, 6) is -0.602. The highest BCUT2D eigenvalue weighted by Gasteiger charge is 2.18. The van der Waals surface area contributed by atoms with Crippen molar-refractivity contribution in [2.24, 2.45) is 5.73 Å². The van der Waals surface area contributed by atoms with E-state index < -0.39 is 15.9 Å². The zero-order valence-corrected chi connectivity index (χ0v) is 14.4. The van der Waals surface area contributed by atoms with Crippen LogP contribution < -0.4 is 10.5 Å². The van der Waals surface area contributed by atoms with Gasteiger partial charge in [-0.05, 0) is 43.4 Å². The van der Waals surface area contributed by atoms with Gasteiger partial charge >= 0.3 is 0 Å². The van der Waals surface area contributed by atoms with Crippen LogP contribution in [0, 0.1) is 0 Å². The molecule has 0 aliphatic heterocycles. The Balaban J connectivity index is 1.99. The van der Waals surface area contributed by atoms with Crippen LogP contribution in [0.4, 0.5) is 0 Å². The lowest BCUT2D eigenvalue weighted by atomic mass is 10.1. The van der Waals surface area contributed by atoms with Gasteiger partial charge in [-0.15, -0.1) is 0 Å². The smallest absolute Gasteiger partial charge is 0.267 e. The van der Waals surface area contributed by atoms with Crippen molar-refractivity contribution in [2.75, 3.05) is 7.05 Å². The SMILES string of the molecule is CNS(=O)(=O)c1ccc(-n2[nH]c(C(N)=O)c3ccc4nncc4c32)cc1. The molecule has 0 aliphatic rings. The number of sulfonamides is 1. The molecule has 0 bridgehead atoms. The molecule has 132 valence electrons. The number of nitrogens with two attached hydrogens (primary N) is 1. The maximum atomic E-state index is 11.9. The van der Waals surface area contributed by atoms with Crippen molar-refractivity contribution in [1.82, 2.24) is 24.7 Å². The molecular weight excluding hydrogens is 356 g/mol. The van der Waals surface area contributed by atoms with Crippen LogP contribution in [-0.2, 0) is 10.0 Å². The third-order valence-electron chi connectivity index (χ3n) is 4.18. The molecular formula is C16H14N6O3S. The monoisotopic (exact) mass is 370 g/mol. The van der Waals surface area contributed by atoms with Crippen molar-refractivity contribution in [1.29, 1.82) is 0 Å². The van der Waals surface area contributed by atoms with Gasteiger partial charge in [0.15, 0.2) is 0 Å². The number of rotatable bonds is 4. The molecule has 0 unspecified atom stereocenters. The van der Waals surface area contributed by atoms with Crippen molar-refractivity contribution in [3.05, 3.63) is 48.3 Å². The molecule has 0 spiro atoms. The summed E-state index contributed by atoms with van der Waals surface area (Å²) in [6.45, 7) is 0. The molecule has 9 nitrogen and oxygen atoms in total. The number of benzene rings is 2. The predicted molar refractivity (Wildman–Crippen MR) is 95.5 cm³/mol. The second-order valence-electron chi connectivity index (χ2n) is 5.63. The summed E-state index contributed by atoms with van der Waals surface area (Å²) in [5, 5.41) is 12.3. The minimum absolute atomic E-state index is 0.136. The van der Waals surface area contributed by atoms with Gasteiger partial charge in [-0.2, -0.15) is 10.2 Å². The quantitative estimate of drug-likeness (QED) is 0.490. The number of carbonyl (C=O) groups is 1. The summed E-state index contributed by atoms with van der Waals surface area (Å²) in [5.41, 5.74) is 7.73. The lowest BCUT2D eigenvalue weighted by molar-refractivity contribution is 0.0996. The van der Waals surface area contributed by atoms with E-state index in [1.807, 2.05) is 0 Å². The Morgan fingerprint density at radius 1 is 1.15 bits per heavy atom. The summed E-state index contributed by atoms with van der Waals surface area (Å²) in [6.07, 6.45) is 1.60. The molecule has 4 rings (SSSR count). The number of hydrogen-bond donors (Lipinski definition) is 3. The second-order valence-corrected chi connectivity index (χ2v) is 7.51. The molecule has 0 atom stereocenters. The fraction of sp³-hybridized carbons (Fsp3) is 0.0625. The molecule has 2 aromatic carbocycles. The Hall–Kier alpha value is -3.24. The molecule has 0 aliphatic carbocycles. The van der Waals surface area contributed by atoms with Gasteiger partial charge in [-0.3, -0.25) is 14.6 Å². The molecule has 0 fully saturated rings. The van der Waals surface area contributed by atoms with E-state index in [9.17, 15) is 13.2 Å². The highest BCUT2D eigenvalue weighted by molar-refractivity contribution is 7.89. The molecule has 26 heavy (non-hydrogen) atoms. The number of hydrogen-bond acceptors (Lipinski definition) is 5. The number of nitrogens with one attached hydrogen (secondary N) is 2. The van der Waals surface area contributed by atoms with Gasteiger partial charge < -0.3 is 5.73 Å². The van der Waals surface area contributed by atoms with Crippen molar-refractivity contribution >= 4 is 37.7 Å². The molecule has 10 heteroatoms. The fourth-order valence-electron chi connectivity index (χ4n) is 2.90. The lowest BCUT2D eigenvalue weighted by Crippen LogP contribution is -2.18. The number of aromatic nitrogens is 4. The Morgan fingerprint density at radius 2 is 1.88 bits per heavy atom. The average molecular weight is 370 g/mol. The van der Waals surface area contributed by atoms with Crippen LogP contribution in [0.5, 0.6) is 0 Å². The molecule has 4 N–H and O–H groups in total. The first-order valence-corrected chi connectivity index (χ1v) is 9.09. The van der Waals surface area contributed by atoms with Crippen molar-refractivity contribution in [2.45, 2.75) is 4.90 Å². The first kappa shape index (κ1) is 16.2. The van der Waals surface area contributed by atoms with E-state index in [1.165, 1.54) is 19.2 Å². The van der Waals surface area contributed by atoms with Crippen LogP contribution in [0.3, 0.4) is 0 Å². The number of primary amides is 1. The molecule has 0 saturated carbocycles. The third-order valence-corrected chi connectivity index (χ3v) is 5.61. The standard InChI is InChI=1S/C16H14N6O3S/c1-18-26(24,25)10-4-2-9(3-5-10)22-15-11(14(21-22)16(17)23)6-7-13-12(15)8-19-20-13/h2-8,18,21H,1H3,(H2,17,23). The second kappa shape index (κ2) is 5.64. The summed E-state index contributed by atoms with van der Waals surface area (Å²) < 4.78 is 27.7. The first-order valence-electron chi connectivity index (χ1n) is 7.61. The van der Waals surface area contributed by atoms with Gasteiger partial charge in [0.25, 0.3) is 5.91 Å². The van der Waals surface area contributed by atoms with Gasteiger partial charge in [0.05, 0.1) is 27.8 Å². The molecule has 0 radical (unpaired) electrons. The third kappa shape index (κ3) is 2.35. The van der Waals surface area contributed by atoms with Gasteiger partial charge in [0, 0.05) is 10.8 Å². The number of carbonyl (C=O) groups excluding carboxylic acids is 1. The lowest BCUT2D eigenvalue weighted by Gasteiger charge is -2.07. The van der Waals surface area contributed by atoms with E-state index in [-0.39, 0.29) is 10.6 Å². The predicted octanol–water partition coefficient (Wildman–Crippen LogP) is 0.909. The summed E-state index contributed by atoms with van der Waals surface area (Å²) in [4.78, 5) is 12.0. The summed E-state index contributed by atoms with van der Waals surface area (Å²) >= 11 is 0. The van der Waals surface area contributed by atoms with Crippen LogP contribution in [-0.4, -0.2) is 41.4 Å². The maximum absolute atomic E-state index is 11.9. The number of fused-ring (bicyclic) bond motifs is 3. The summed E-state index contributed by atoms with van der Waals surface area (Å²) in [6, 6.07) is 9.73. The highest BCUT2D eigenvalue weighted by Crippen LogP contribution is 2.29. The van der Waals surface area contributed by atoms with E-state index >= 15 is 0 Å². The minimum atomic E-state index is -3.54. The Bertz CT molecular complexity index is 1250. The van der Waals surface area contributed by atoms with E-state index in [0.29, 0.717) is 22.1 Å². The van der Waals surface area contributed by atoms with E-state index in [4.69, 9.17) is 5.73 Å². The number of nitrogens with zero attached hydrogens (tertiary/aromatic N) is 3. The number of aromatic amines is 1.